The van der Waals surface area contributed by atoms with E-state index in [9.17, 15) is 9.59 Å². The first kappa shape index (κ1) is 40.4. The minimum Gasteiger partial charge on any atom is -0.373 e. The first-order valence-electron chi connectivity index (χ1n) is 16.2. The highest BCUT2D eigenvalue weighted by molar-refractivity contribution is 5.85. The topological polar surface area (TPSA) is 121 Å². The third kappa shape index (κ3) is 14.5. The Hall–Kier alpha value is -1.78. The zero-order valence-electron chi connectivity index (χ0n) is 30.5. The lowest BCUT2D eigenvalue weighted by atomic mass is 10.2. The highest BCUT2D eigenvalue weighted by Gasteiger charge is 2.59. The minimum absolute atomic E-state index is 0.0534. The molecule has 2 saturated heterocycles. The van der Waals surface area contributed by atoms with Crippen LogP contribution < -0.4 is 0 Å². The molecule has 0 aromatic carbocycles. The molecule has 46 heavy (non-hydrogen) atoms. The summed E-state index contributed by atoms with van der Waals surface area (Å²) < 4.78 is 46.6. The zero-order chi connectivity index (χ0) is 34.8. The van der Waals surface area contributed by atoms with Crippen molar-refractivity contribution in [3.63, 3.8) is 0 Å². The summed E-state index contributed by atoms with van der Waals surface area (Å²) in [6.07, 6.45) is -1.42. The monoisotopic (exact) mass is 662 g/mol. The molecule has 4 amide bonds. The minimum atomic E-state index is -0.712. The van der Waals surface area contributed by atoms with Gasteiger partial charge in [0.25, 0.3) is 0 Å². The molecule has 0 spiro atoms. The molecule has 0 saturated carbocycles. The van der Waals surface area contributed by atoms with Crippen LogP contribution in [-0.2, 0) is 37.9 Å². The van der Waals surface area contributed by atoms with E-state index >= 15 is 0 Å². The molecule has 0 atom stereocenters. The first-order chi connectivity index (χ1) is 21.2. The van der Waals surface area contributed by atoms with E-state index in [0.29, 0.717) is 26.4 Å². The average Bonchev–Trinajstić information content (AvgIpc) is 3.30. The van der Waals surface area contributed by atoms with E-state index in [1.807, 2.05) is 83.1 Å². The predicted octanol–water partition coefficient (Wildman–Crippen LogP) is 4.27. The van der Waals surface area contributed by atoms with Gasteiger partial charge in [-0.25, -0.2) is 9.59 Å². The number of hydrogen-bond acceptors (Lipinski definition) is 10. The van der Waals surface area contributed by atoms with Crippen molar-refractivity contribution in [2.24, 2.45) is 0 Å². The van der Waals surface area contributed by atoms with Crippen molar-refractivity contribution in [2.45, 2.75) is 118 Å². The van der Waals surface area contributed by atoms with Crippen LogP contribution in [0.15, 0.2) is 0 Å². The molecule has 0 aromatic heterocycles. The second kappa shape index (κ2) is 17.6. The van der Waals surface area contributed by atoms with Gasteiger partial charge in [0.1, 0.15) is 26.9 Å². The summed E-state index contributed by atoms with van der Waals surface area (Å²) in [5, 5.41) is 0. The van der Waals surface area contributed by atoms with Gasteiger partial charge in [0, 0.05) is 0 Å². The summed E-state index contributed by atoms with van der Waals surface area (Å²) in [7, 11) is 0. The second-order valence-electron chi connectivity index (χ2n) is 15.3. The molecule has 14 heteroatoms. The van der Waals surface area contributed by atoms with Gasteiger partial charge in [0.2, 0.25) is 0 Å². The summed E-state index contributed by atoms with van der Waals surface area (Å²) in [6, 6.07) is -0.670. The lowest BCUT2D eigenvalue weighted by Gasteiger charge is -2.30. The van der Waals surface area contributed by atoms with Crippen molar-refractivity contribution in [2.75, 3.05) is 79.8 Å². The smallest absolute Gasteiger partial charge is 0.327 e. The van der Waals surface area contributed by atoms with Crippen molar-refractivity contribution in [1.29, 1.82) is 0 Å². The number of urea groups is 2. The van der Waals surface area contributed by atoms with Crippen molar-refractivity contribution < 1.29 is 47.5 Å². The Kier molecular flexibility index (Phi) is 15.4. The summed E-state index contributed by atoms with van der Waals surface area (Å²) in [4.78, 5) is 33.8. The van der Waals surface area contributed by atoms with E-state index < -0.39 is 12.3 Å². The molecule has 14 nitrogen and oxygen atoms in total. The third-order valence-electron chi connectivity index (χ3n) is 6.50. The van der Waals surface area contributed by atoms with Crippen molar-refractivity contribution in [3.8, 4) is 0 Å². The summed E-state index contributed by atoms with van der Waals surface area (Å²) >= 11 is 0. The summed E-state index contributed by atoms with van der Waals surface area (Å²) in [6.45, 7) is 25.9. The molecule has 2 aliphatic rings. The fraction of sp³-hybridized carbons (Fsp3) is 0.938. The Balaban J connectivity index is 2.21. The number of rotatable bonds is 20. The number of carbonyl (C=O) groups is 2. The lowest BCUT2D eigenvalue weighted by Crippen LogP contribution is -2.48. The molecule has 2 rings (SSSR count). The molecule has 0 radical (unpaired) electrons. The molecule has 0 bridgehead atoms. The molecular weight excluding hydrogens is 600 g/mol. The van der Waals surface area contributed by atoms with Gasteiger partial charge in [0.05, 0.1) is 75.3 Å². The SMILES string of the molecule is CC(C)(C)OCCOCN1C(=O)N(COCCOC(C)(C)C)C2C1N(COCCOC(C)(C)C)C(=O)N2COCCOC(C)(C)C. The summed E-state index contributed by atoms with van der Waals surface area (Å²) in [5.74, 6) is 0. The molecule has 0 N–H and O–H groups in total. The van der Waals surface area contributed by atoms with Gasteiger partial charge >= 0.3 is 12.1 Å². The maximum absolute atomic E-state index is 13.9. The van der Waals surface area contributed by atoms with Crippen LogP contribution in [0.25, 0.3) is 0 Å². The van der Waals surface area contributed by atoms with E-state index in [0.717, 1.165) is 0 Å². The summed E-state index contributed by atoms with van der Waals surface area (Å²) in [5.41, 5.74) is -1.26. The fourth-order valence-electron chi connectivity index (χ4n) is 4.57. The van der Waals surface area contributed by atoms with E-state index in [1.165, 1.54) is 19.6 Å². The number of nitrogens with zero attached hydrogens (tertiary/aromatic N) is 4. The highest BCUT2D eigenvalue weighted by Crippen LogP contribution is 2.35. The Morgan fingerprint density at radius 3 is 0.761 bits per heavy atom. The van der Waals surface area contributed by atoms with Crippen LogP contribution in [0.5, 0.6) is 0 Å². The molecule has 2 fully saturated rings. The van der Waals surface area contributed by atoms with Crippen molar-refractivity contribution in [1.82, 2.24) is 19.6 Å². The van der Waals surface area contributed by atoms with Crippen LogP contribution in [0.2, 0.25) is 0 Å². The molecule has 2 heterocycles. The van der Waals surface area contributed by atoms with Crippen LogP contribution in [0.3, 0.4) is 0 Å². The quantitative estimate of drug-likeness (QED) is 0.175. The van der Waals surface area contributed by atoms with E-state index in [1.54, 1.807) is 0 Å². The second-order valence-corrected chi connectivity index (χ2v) is 15.3. The predicted molar refractivity (Wildman–Crippen MR) is 172 cm³/mol. The zero-order valence-corrected chi connectivity index (χ0v) is 30.5. The largest absolute Gasteiger partial charge is 0.373 e. The van der Waals surface area contributed by atoms with Crippen LogP contribution in [0, 0.1) is 0 Å². The lowest BCUT2D eigenvalue weighted by molar-refractivity contribution is -0.0770. The van der Waals surface area contributed by atoms with Crippen molar-refractivity contribution >= 4 is 12.1 Å². The number of ether oxygens (including phenoxy) is 8. The number of fused-ring (bicyclic) bond motifs is 1. The van der Waals surface area contributed by atoms with Gasteiger partial charge in [-0.15, -0.1) is 0 Å². The Morgan fingerprint density at radius 2 is 0.587 bits per heavy atom. The Morgan fingerprint density at radius 1 is 0.391 bits per heavy atom. The van der Waals surface area contributed by atoms with Gasteiger partial charge in [-0.1, -0.05) is 0 Å². The van der Waals surface area contributed by atoms with E-state index in [4.69, 9.17) is 37.9 Å². The molecule has 270 valence electrons. The Labute approximate surface area is 276 Å². The first-order valence-corrected chi connectivity index (χ1v) is 16.2. The van der Waals surface area contributed by atoms with E-state index in [2.05, 4.69) is 0 Å². The van der Waals surface area contributed by atoms with Gasteiger partial charge in [-0.05, 0) is 83.1 Å². The normalized spacial score (nSPS) is 19.7. The van der Waals surface area contributed by atoms with E-state index in [-0.39, 0.29) is 87.8 Å². The molecule has 2 aliphatic heterocycles. The fourth-order valence-corrected chi connectivity index (χ4v) is 4.57. The highest BCUT2D eigenvalue weighted by atomic mass is 16.6. The van der Waals surface area contributed by atoms with Gasteiger partial charge in [0.15, 0.2) is 12.3 Å². The molecular formula is C32H62N4O10. The van der Waals surface area contributed by atoms with Crippen molar-refractivity contribution in [3.05, 3.63) is 0 Å². The van der Waals surface area contributed by atoms with Crippen LogP contribution in [0.4, 0.5) is 9.59 Å². The number of amides is 4. The van der Waals surface area contributed by atoms with Crippen LogP contribution >= 0.6 is 0 Å². The Bertz CT molecular complexity index is 784. The van der Waals surface area contributed by atoms with Crippen LogP contribution in [-0.4, -0.2) is 146 Å². The number of carbonyl (C=O) groups excluding carboxylic acids is 2. The molecule has 0 aliphatic carbocycles. The molecule has 0 unspecified atom stereocenters. The number of hydrogen-bond donors (Lipinski definition) is 0. The van der Waals surface area contributed by atoms with Gasteiger partial charge in [-0.3, -0.25) is 19.6 Å². The maximum atomic E-state index is 13.9. The average molecular weight is 663 g/mol. The van der Waals surface area contributed by atoms with Crippen LogP contribution in [0.1, 0.15) is 83.1 Å². The van der Waals surface area contributed by atoms with Gasteiger partial charge in [-0.2, -0.15) is 0 Å². The molecule has 0 aromatic rings. The standard InChI is InChI=1S/C32H62N4O10/c1-29(2,3)43-17-13-39-21-33-25-26(35(27(33)37)23-41-15-19-45-31(7,8)9)36(24-42-16-20-46-32(10,11)12)28(38)34(25)22-40-14-18-44-30(4,5)6/h25-26H,13-24H2,1-12H3. The third-order valence-corrected chi connectivity index (χ3v) is 6.50. The van der Waals surface area contributed by atoms with Gasteiger partial charge < -0.3 is 37.9 Å². The maximum Gasteiger partial charge on any atom is 0.327 e.